The first-order chi connectivity index (χ1) is 34.0. The summed E-state index contributed by atoms with van der Waals surface area (Å²) in [7, 11) is 0. The van der Waals surface area contributed by atoms with Gasteiger partial charge in [0, 0.05) is 19.3 Å². The van der Waals surface area contributed by atoms with Gasteiger partial charge in [0.25, 0.3) is 0 Å². The molecule has 0 spiro atoms. The lowest BCUT2D eigenvalue weighted by atomic mass is 10.0. The van der Waals surface area contributed by atoms with E-state index in [-0.39, 0.29) is 31.1 Å². The molecule has 0 amide bonds. The van der Waals surface area contributed by atoms with E-state index in [0.29, 0.717) is 19.3 Å². The number of carbonyl (C=O) groups excluding carboxylic acids is 3. The Labute approximate surface area is 429 Å². The average molecular weight is 970 g/mol. The van der Waals surface area contributed by atoms with Crippen LogP contribution in [-0.4, -0.2) is 37.2 Å². The van der Waals surface area contributed by atoms with Gasteiger partial charge in [0.05, 0.1) is 0 Å². The second-order valence-electron chi connectivity index (χ2n) is 20.6. The van der Waals surface area contributed by atoms with Gasteiger partial charge >= 0.3 is 17.9 Å². The monoisotopic (exact) mass is 969 g/mol. The van der Waals surface area contributed by atoms with Gasteiger partial charge in [0.1, 0.15) is 13.2 Å². The van der Waals surface area contributed by atoms with E-state index in [1.165, 1.54) is 199 Å². The molecule has 0 aromatic heterocycles. The Balaban J connectivity index is 4.28. The summed E-state index contributed by atoms with van der Waals surface area (Å²) in [4.78, 5) is 38.2. The van der Waals surface area contributed by atoms with Crippen molar-refractivity contribution in [3.05, 3.63) is 36.5 Å². The Morgan fingerprint density at radius 1 is 0.290 bits per heavy atom. The topological polar surface area (TPSA) is 78.9 Å². The summed E-state index contributed by atoms with van der Waals surface area (Å²) in [5, 5.41) is 0. The first kappa shape index (κ1) is 66.6. The fourth-order valence-corrected chi connectivity index (χ4v) is 9.01. The SMILES string of the molecule is CCC/C=C\C/C=C\CCCCCCCC(=O)OCC(COC(=O)CCCCCCCCCCCCCCCCCCCCCCCC)OC(=O)CCCCCCC/C=C\CCCCCCCCC. The van der Waals surface area contributed by atoms with Crippen LogP contribution in [0, 0.1) is 0 Å². The fraction of sp³-hybridized carbons (Fsp3) is 0.857. The second kappa shape index (κ2) is 58.2. The number of hydrogen-bond acceptors (Lipinski definition) is 6. The summed E-state index contributed by atoms with van der Waals surface area (Å²) in [5.41, 5.74) is 0. The Kier molecular flexibility index (Phi) is 56.2. The molecule has 1 unspecified atom stereocenters. The molecule has 0 N–H and O–H groups in total. The molecule has 0 aromatic rings. The number of allylic oxidation sites excluding steroid dienone is 6. The molecule has 0 bridgehead atoms. The van der Waals surface area contributed by atoms with Gasteiger partial charge in [-0.2, -0.15) is 0 Å². The average Bonchev–Trinajstić information content (AvgIpc) is 3.35. The van der Waals surface area contributed by atoms with Gasteiger partial charge in [0.15, 0.2) is 6.10 Å². The standard InChI is InChI=1S/C63H116O6/c1-4-7-10-13-16-19-22-25-27-29-30-31-32-33-34-36-38-41-44-47-50-53-56-62(65)68-59-60(58-67-61(64)55-52-49-46-43-40-37-24-21-18-15-12-9-6-3)69-63(66)57-54-51-48-45-42-39-35-28-26-23-20-17-14-11-8-5-2/h12,15,21,24,28,35,60H,4-11,13-14,16-20,22-23,25-27,29-34,36-59H2,1-3H3/b15-12-,24-21-,35-28-. The fourth-order valence-electron chi connectivity index (χ4n) is 9.01. The number of rotatable bonds is 56. The van der Waals surface area contributed by atoms with Crippen LogP contribution < -0.4 is 0 Å². The van der Waals surface area contributed by atoms with Crippen LogP contribution in [0.4, 0.5) is 0 Å². The Morgan fingerprint density at radius 3 is 0.870 bits per heavy atom. The second-order valence-corrected chi connectivity index (χ2v) is 20.6. The molecule has 6 nitrogen and oxygen atoms in total. The maximum absolute atomic E-state index is 12.9. The first-order valence-corrected chi connectivity index (χ1v) is 30.5. The summed E-state index contributed by atoms with van der Waals surface area (Å²) in [6.45, 7) is 6.60. The molecule has 0 heterocycles. The summed E-state index contributed by atoms with van der Waals surface area (Å²) in [6.07, 6.45) is 70.0. The van der Waals surface area contributed by atoms with Crippen LogP contribution in [0.25, 0.3) is 0 Å². The number of ether oxygens (including phenoxy) is 3. The molecule has 0 rings (SSSR count). The molecule has 0 aliphatic carbocycles. The van der Waals surface area contributed by atoms with E-state index in [1.807, 2.05) is 0 Å². The quantitative estimate of drug-likeness (QED) is 0.0261. The number of carbonyl (C=O) groups is 3. The van der Waals surface area contributed by atoms with Gasteiger partial charge in [0.2, 0.25) is 0 Å². The smallest absolute Gasteiger partial charge is 0.306 e. The summed E-state index contributed by atoms with van der Waals surface area (Å²) < 4.78 is 16.9. The molecule has 0 saturated carbocycles. The van der Waals surface area contributed by atoms with Crippen molar-refractivity contribution in [2.75, 3.05) is 13.2 Å². The van der Waals surface area contributed by atoms with Crippen molar-refractivity contribution in [2.45, 2.75) is 335 Å². The van der Waals surface area contributed by atoms with E-state index in [2.05, 4.69) is 57.2 Å². The molecular formula is C63H116O6. The van der Waals surface area contributed by atoms with Crippen molar-refractivity contribution in [1.82, 2.24) is 0 Å². The Morgan fingerprint density at radius 2 is 0.551 bits per heavy atom. The lowest BCUT2D eigenvalue weighted by Crippen LogP contribution is -2.30. The number of hydrogen-bond donors (Lipinski definition) is 0. The largest absolute Gasteiger partial charge is 0.462 e. The zero-order valence-electron chi connectivity index (χ0n) is 46.3. The number of esters is 3. The molecule has 0 saturated heterocycles. The summed E-state index contributed by atoms with van der Waals surface area (Å²) >= 11 is 0. The van der Waals surface area contributed by atoms with Crippen molar-refractivity contribution < 1.29 is 28.6 Å². The molecule has 0 aliphatic heterocycles. The van der Waals surface area contributed by atoms with Crippen LogP contribution in [0.2, 0.25) is 0 Å². The predicted molar refractivity (Wildman–Crippen MR) is 298 cm³/mol. The highest BCUT2D eigenvalue weighted by Crippen LogP contribution is 2.17. The van der Waals surface area contributed by atoms with Crippen molar-refractivity contribution in [3.8, 4) is 0 Å². The van der Waals surface area contributed by atoms with Gasteiger partial charge in [-0.05, 0) is 70.6 Å². The van der Waals surface area contributed by atoms with E-state index in [0.717, 1.165) is 89.9 Å². The highest BCUT2D eigenvalue weighted by Gasteiger charge is 2.19. The minimum atomic E-state index is -0.780. The number of unbranched alkanes of at least 4 members (excludes halogenated alkanes) is 39. The molecular weight excluding hydrogens is 853 g/mol. The third-order valence-corrected chi connectivity index (χ3v) is 13.6. The van der Waals surface area contributed by atoms with E-state index in [4.69, 9.17) is 14.2 Å². The summed E-state index contributed by atoms with van der Waals surface area (Å²) in [6, 6.07) is 0. The first-order valence-electron chi connectivity index (χ1n) is 30.5. The Hall–Kier alpha value is -2.37. The van der Waals surface area contributed by atoms with E-state index in [9.17, 15) is 14.4 Å². The molecule has 0 aliphatic rings. The molecule has 69 heavy (non-hydrogen) atoms. The van der Waals surface area contributed by atoms with E-state index in [1.54, 1.807) is 0 Å². The van der Waals surface area contributed by atoms with Crippen LogP contribution in [0.5, 0.6) is 0 Å². The molecule has 1 atom stereocenters. The third-order valence-electron chi connectivity index (χ3n) is 13.6. The minimum absolute atomic E-state index is 0.0763. The maximum atomic E-state index is 12.9. The maximum Gasteiger partial charge on any atom is 0.306 e. The highest BCUT2D eigenvalue weighted by atomic mass is 16.6. The van der Waals surface area contributed by atoms with Gasteiger partial charge in [-0.3, -0.25) is 14.4 Å². The normalized spacial score (nSPS) is 12.2. The molecule has 0 fully saturated rings. The zero-order valence-corrected chi connectivity index (χ0v) is 46.3. The van der Waals surface area contributed by atoms with Crippen LogP contribution in [-0.2, 0) is 28.6 Å². The lowest BCUT2D eigenvalue weighted by molar-refractivity contribution is -0.167. The van der Waals surface area contributed by atoms with Gasteiger partial charge in [-0.25, -0.2) is 0 Å². The molecule has 0 radical (unpaired) electrons. The van der Waals surface area contributed by atoms with Crippen molar-refractivity contribution in [3.63, 3.8) is 0 Å². The van der Waals surface area contributed by atoms with Gasteiger partial charge in [-0.15, -0.1) is 0 Å². The zero-order chi connectivity index (χ0) is 50.0. The highest BCUT2D eigenvalue weighted by molar-refractivity contribution is 5.71. The van der Waals surface area contributed by atoms with E-state index >= 15 is 0 Å². The van der Waals surface area contributed by atoms with E-state index < -0.39 is 6.10 Å². The Bertz CT molecular complexity index is 1160. The summed E-state index contributed by atoms with van der Waals surface area (Å²) in [5.74, 6) is -0.880. The van der Waals surface area contributed by atoms with Crippen molar-refractivity contribution in [2.24, 2.45) is 0 Å². The van der Waals surface area contributed by atoms with Gasteiger partial charge in [-0.1, -0.05) is 276 Å². The molecule has 404 valence electrons. The van der Waals surface area contributed by atoms with Gasteiger partial charge < -0.3 is 14.2 Å². The van der Waals surface area contributed by atoms with Crippen LogP contribution in [0.3, 0.4) is 0 Å². The van der Waals surface area contributed by atoms with Crippen LogP contribution >= 0.6 is 0 Å². The predicted octanol–water partition coefficient (Wildman–Crippen LogP) is 20.4. The van der Waals surface area contributed by atoms with Crippen LogP contribution in [0.15, 0.2) is 36.5 Å². The molecule has 6 heteroatoms. The third kappa shape index (κ3) is 56.4. The minimum Gasteiger partial charge on any atom is -0.462 e. The van der Waals surface area contributed by atoms with Crippen molar-refractivity contribution >= 4 is 17.9 Å². The van der Waals surface area contributed by atoms with Crippen LogP contribution in [0.1, 0.15) is 329 Å². The lowest BCUT2D eigenvalue weighted by Gasteiger charge is -2.18. The van der Waals surface area contributed by atoms with Crippen molar-refractivity contribution in [1.29, 1.82) is 0 Å². The molecule has 0 aromatic carbocycles.